The summed E-state index contributed by atoms with van der Waals surface area (Å²) in [5.74, 6) is -2.60. The molecule has 20 heavy (non-hydrogen) atoms. The van der Waals surface area contributed by atoms with E-state index < -0.39 is 33.6 Å². The van der Waals surface area contributed by atoms with Gasteiger partial charge in [-0.1, -0.05) is 0 Å². The van der Waals surface area contributed by atoms with Gasteiger partial charge in [0.1, 0.15) is 11.4 Å². The lowest BCUT2D eigenvalue weighted by atomic mass is 10.1. The molecule has 0 spiro atoms. The minimum atomic E-state index is -1.12. The van der Waals surface area contributed by atoms with Crippen molar-refractivity contribution in [2.24, 2.45) is 10.7 Å². The monoisotopic (exact) mass is 367 g/mol. The predicted molar refractivity (Wildman–Crippen MR) is 74.1 cm³/mol. The molecule has 0 aliphatic heterocycles. The number of rotatable bonds is 4. The molecule has 108 valence electrons. The average Bonchev–Trinajstić information content (AvgIpc) is 2.41. The van der Waals surface area contributed by atoms with Gasteiger partial charge in [0.05, 0.1) is 22.4 Å². The summed E-state index contributed by atoms with van der Waals surface area (Å²) in [6.07, 6.45) is 0. The van der Waals surface area contributed by atoms with Crippen LogP contribution < -0.4 is 5.73 Å². The Morgan fingerprint density at radius 1 is 1.70 bits per heavy atom. The Morgan fingerprint density at radius 2 is 2.30 bits per heavy atom. The highest BCUT2D eigenvalue weighted by Crippen LogP contribution is 2.37. The largest absolute Gasteiger partial charge is 0.465 e. The number of nitro groups is 1. The van der Waals surface area contributed by atoms with Crippen LogP contribution >= 0.6 is 27.5 Å². The zero-order valence-electron chi connectivity index (χ0n) is 10.0. The zero-order chi connectivity index (χ0) is 15.4. The predicted octanol–water partition coefficient (Wildman–Crippen LogP) is 2.51. The smallest absolute Gasteiger partial charge is 0.343 e. The topological polar surface area (TPSA) is 108 Å². The van der Waals surface area contributed by atoms with Gasteiger partial charge in [-0.25, -0.2) is 14.2 Å². The van der Waals surface area contributed by atoms with Gasteiger partial charge in [-0.05, 0) is 15.9 Å². The minimum Gasteiger partial charge on any atom is -0.465 e. The summed E-state index contributed by atoms with van der Waals surface area (Å²) in [5, 5.41) is 11.0. The van der Waals surface area contributed by atoms with E-state index in [1.54, 1.807) is 0 Å². The van der Waals surface area contributed by atoms with Crippen LogP contribution in [-0.2, 0) is 4.74 Å². The molecular formula is C10H8BrClFN3O4. The highest BCUT2D eigenvalue weighted by atomic mass is 79.9. The maximum Gasteiger partial charge on any atom is 0.343 e. The molecule has 0 fully saturated rings. The van der Waals surface area contributed by atoms with Crippen molar-refractivity contribution < 1.29 is 18.8 Å². The van der Waals surface area contributed by atoms with Crippen molar-refractivity contribution in [2.45, 2.75) is 0 Å². The number of methoxy groups -OCH3 is 1. The number of carbonyl (C=O) groups is 1. The first-order valence-corrected chi connectivity index (χ1v) is 6.29. The Bertz CT molecular complexity index is 609. The van der Waals surface area contributed by atoms with Crippen molar-refractivity contribution in [3.63, 3.8) is 0 Å². The number of carbonyl (C=O) groups excluding carboxylic acids is 1. The van der Waals surface area contributed by atoms with E-state index >= 15 is 0 Å². The van der Waals surface area contributed by atoms with Gasteiger partial charge in [-0.15, -0.1) is 11.6 Å². The molecule has 0 aliphatic rings. The summed E-state index contributed by atoms with van der Waals surface area (Å²) in [6.45, 7) is 0. The quantitative estimate of drug-likeness (QED) is 0.219. The number of alkyl halides is 1. The Balaban J connectivity index is 3.77. The van der Waals surface area contributed by atoms with E-state index in [0.29, 0.717) is 0 Å². The summed E-state index contributed by atoms with van der Waals surface area (Å²) in [6, 6.07) is 0.877. The van der Waals surface area contributed by atoms with Crippen LogP contribution in [0.25, 0.3) is 0 Å². The maximum absolute atomic E-state index is 14.0. The Kier molecular flexibility index (Phi) is 5.40. The van der Waals surface area contributed by atoms with Crippen molar-refractivity contribution in [3.05, 3.63) is 32.0 Å². The third-order valence-corrected chi connectivity index (χ3v) is 3.00. The molecule has 7 nitrogen and oxygen atoms in total. The second-order valence-corrected chi connectivity index (χ2v) is 4.52. The first kappa shape index (κ1) is 16.3. The zero-order valence-corrected chi connectivity index (χ0v) is 12.4. The molecule has 1 rings (SSSR count). The number of nitrogens with two attached hydrogens (primary N) is 1. The molecule has 0 aromatic heterocycles. The van der Waals surface area contributed by atoms with Crippen LogP contribution in [0.5, 0.6) is 0 Å². The van der Waals surface area contributed by atoms with E-state index in [9.17, 15) is 19.3 Å². The average molecular weight is 369 g/mol. The Morgan fingerprint density at radius 3 is 2.75 bits per heavy atom. The third kappa shape index (κ3) is 3.23. The van der Waals surface area contributed by atoms with E-state index in [1.807, 2.05) is 0 Å². The van der Waals surface area contributed by atoms with Crippen molar-refractivity contribution >= 4 is 50.7 Å². The minimum absolute atomic E-state index is 0.207. The molecule has 10 heteroatoms. The highest BCUT2D eigenvalue weighted by molar-refractivity contribution is 9.10. The van der Waals surface area contributed by atoms with E-state index in [1.165, 1.54) is 0 Å². The molecule has 1 aromatic rings. The fraction of sp³-hybridized carbons (Fsp3) is 0.200. The van der Waals surface area contributed by atoms with Crippen LogP contribution in [-0.4, -0.2) is 29.7 Å². The summed E-state index contributed by atoms with van der Waals surface area (Å²) in [4.78, 5) is 25.4. The van der Waals surface area contributed by atoms with Gasteiger partial charge in [0.25, 0.3) is 5.69 Å². The number of ether oxygens (including phenoxy) is 1. The lowest BCUT2D eigenvalue weighted by Crippen LogP contribution is -2.14. The van der Waals surface area contributed by atoms with E-state index in [-0.39, 0.29) is 16.2 Å². The highest BCUT2D eigenvalue weighted by Gasteiger charge is 2.29. The molecule has 0 bridgehead atoms. The SMILES string of the molecule is COC(=O)c1c(F)c(Br)cc([N+](=O)[O-])c1N=C(N)CCl. The number of hydrogen-bond donors (Lipinski definition) is 1. The van der Waals surface area contributed by atoms with Crippen LogP contribution in [0.15, 0.2) is 15.5 Å². The summed E-state index contributed by atoms with van der Waals surface area (Å²) in [5.41, 5.74) is 3.54. The normalized spacial score (nSPS) is 11.3. The summed E-state index contributed by atoms with van der Waals surface area (Å²) in [7, 11) is 1.01. The number of amidine groups is 1. The van der Waals surface area contributed by atoms with Gasteiger partial charge in [0.2, 0.25) is 0 Å². The molecule has 2 N–H and O–H groups in total. The molecule has 0 heterocycles. The number of hydrogen-bond acceptors (Lipinski definition) is 5. The van der Waals surface area contributed by atoms with Crippen molar-refractivity contribution in [3.8, 4) is 0 Å². The van der Waals surface area contributed by atoms with Crippen LogP contribution in [0, 0.1) is 15.9 Å². The fourth-order valence-electron chi connectivity index (χ4n) is 1.32. The molecule has 0 unspecified atom stereocenters. The number of aliphatic imine (C=N–C) groups is 1. The van der Waals surface area contributed by atoms with Crippen LogP contribution in [0.4, 0.5) is 15.8 Å². The van der Waals surface area contributed by atoms with Gasteiger partial charge in [0, 0.05) is 6.07 Å². The van der Waals surface area contributed by atoms with Crippen LogP contribution in [0.3, 0.4) is 0 Å². The van der Waals surface area contributed by atoms with Crippen LogP contribution in [0.1, 0.15) is 10.4 Å². The molecule has 0 saturated carbocycles. The Labute approximate surface area is 125 Å². The Hall–Kier alpha value is -1.74. The van der Waals surface area contributed by atoms with Crippen molar-refractivity contribution in [1.29, 1.82) is 0 Å². The summed E-state index contributed by atoms with van der Waals surface area (Å²) >= 11 is 8.21. The van der Waals surface area contributed by atoms with Gasteiger partial charge >= 0.3 is 5.97 Å². The van der Waals surface area contributed by atoms with Gasteiger partial charge in [-0.3, -0.25) is 10.1 Å². The summed E-state index contributed by atoms with van der Waals surface area (Å²) < 4.78 is 18.1. The molecule has 1 aromatic carbocycles. The standard InChI is InChI=1S/C10H8BrClFN3O4/c1-20-10(17)7-8(13)4(11)2-5(16(18)19)9(7)15-6(14)3-12/h2H,3H2,1H3,(H2,14,15). The first-order valence-electron chi connectivity index (χ1n) is 4.97. The molecular weight excluding hydrogens is 360 g/mol. The van der Waals surface area contributed by atoms with Gasteiger partial charge < -0.3 is 10.5 Å². The van der Waals surface area contributed by atoms with Gasteiger partial charge in [0.15, 0.2) is 11.5 Å². The lowest BCUT2D eigenvalue weighted by Gasteiger charge is -2.08. The van der Waals surface area contributed by atoms with Gasteiger partial charge in [-0.2, -0.15) is 0 Å². The van der Waals surface area contributed by atoms with E-state index in [4.69, 9.17) is 17.3 Å². The van der Waals surface area contributed by atoms with E-state index in [0.717, 1.165) is 13.2 Å². The number of nitrogens with zero attached hydrogens (tertiary/aromatic N) is 2. The first-order chi connectivity index (χ1) is 9.33. The molecule has 0 atom stereocenters. The molecule has 0 saturated heterocycles. The van der Waals surface area contributed by atoms with Crippen molar-refractivity contribution in [1.82, 2.24) is 0 Å². The second-order valence-electron chi connectivity index (χ2n) is 3.40. The number of halogens is 3. The van der Waals surface area contributed by atoms with E-state index in [2.05, 4.69) is 25.7 Å². The third-order valence-electron chi connectivity index (χ3n) is 2.15. The number of nitro benzene ring substituents is 1. The van der Waals surface area contributed by atoms with Crippen molar-refractivity contribution in [2.75, 3.05) is 13.0 Å². The molecule has 0 amide bonds. The maximum atomic E-state index is 14.0. The fourth-order valence-corrected chi connectivity index (χ4v) is 1.79. The molecule has 0 radical (unpaired) electrons. The number of esters is 1. The lowest BCUT2D eigenvalue weighted by molar-refractivity contribution is -0.384. The molecule has 0 aliphatic carbocycles. The number of benzene rings is 1. The second kappa shape index (κ2) is 6.62. The van der Waals surface area contributed by atoms with Crippen LogP contribution in [0.2, 0.25) is 0 Å².